The van der Waals surface area contributed by atoms with Crippen molar-refractivity contribution in [2.75, 3.05) is 20.3 Å². The number of benzene rings is 1. The molecule has 0 spiro atoms. The number of nitrogens with zero attached hydrogens (tertiary/aromatic N) is 1. The molecular weight excluding hydrogens is 246 g/mol. The number of methoxy groups -OCH3 is 1. The van der Waals surface area contributed by atoms with Crippen molar-refractivity contribution < 1.29 is 19.0 Å². The molecule has 1 unspecified atom stereocenters. The molecule has 1 saturated heterocycles. The SMILES string of the molecule is COC(=O)c1c(OCC2CO2)cnc2ccccc12. The third-order valence-electron chi connectivity index (χ3n) is 2.96. The molecule has 0 bridgehead atoms. The van der Waals surface area contributed by atoms with Crippen molar-refractivity contribution in [1.29, 1.82) is 0 Å². The van der Waals surface area contributed by atoms with E-state index in [1.807, 2.05) is 24.3 Å². The first-order valence-corrected chi connectivity index (χ1v) is 6.00. The zero-order valence-electron chi connectivity index (χ0n) is 10.5. The largest absolute Gasteiger partial charge is 0.488 e. The van der Waals surface area contributed by atoms with Gasteiger partial charge < -0.3 is 14.2 Å². The molecule has 2 heterocycles. The van der Waals surface area contributed by atoms with Gasteiger partial charge in [0.25, 0.3) is 0 Å². The zero-order chi connectivity index (χ0) is 13.2. The number of ether oxygens (including phenoxy) is 3. The number of rotatable bonds is 4. The lowest BCUT2D eigenvalue weighted by atomic mass is 10.1. The fraction of sp³-hybridized carbons (Fsp3) is 0.286. The van der Waals surface area contributed by atoms with Crippen LogP contribution in [0.3, 0.4) is 0 Å². The molecule has 0 radical (unpaired) electrons. The summed E-state index contributed by atoms with van der Waals surface area (Å²) < 4.78 is 15.5. The van der Waals surface area contributed by atoms with Crippen LogP contribution < -0.4 is 4.74 Å². The van der Waals surface area contributed by atoms with Gasteiger partial charge >= 0.3 is 5.97 Å². The molecular formula is C14H13NO4. The molecule has 0 N–H and O–H groups in total. The van der Waals surface area contributed by atoms with E-state index in [1.54, 1.807) is 6.20 Å². The summed E-state index contributed by atoms with van der Waals surface area (Å²) in [6.45, 7) is 1.12. The number of fused-ring (bicyclic) bond motifs is 1. The summed E-state index contributed by atoms with van der Waals surface area (Å²) in [5.41, 5.74) is 1.15. The lowest BCUT2D eigenvalue weighted by Crippen LogP contribution is -2.10. The third kappa shape index (κ3) is 2.37. The summed E-state index contributed by atoms with van der Waals surface area (Å²) in [6, 6.07) is 7.39. The fourth-order valence-corrected chi connectivity index (χ4v) is 1.89. The van der Waals surface area contributed by atoms with Crippen LogP contribution in [0, 0.1) is 0 Å². The van der Waals surface area contributed by atoms with E-state index in [0.717, 1.165) is 10.9 Å². The van der Waals surface area contributed by atoms with E-state index >= 15 is 0 Å². The molecule has 5 nitrogen and oxygen atoms in total. The predicted octanol–water partition coefficient (Wildman–Crippen LogP) is 1.80. The highest BCUT2D eigenvalue weighted by Gasteiger charge is 2.25. The first-order chi connectivity index (χ1) is 9.29. The molecule has 1 aromatic heterocycles. The molecule has 5 heteroatoms. The van der Waals surface area contributed by atoms with Crippen LogP contribution in [0.15, 0.2) is 30.5 Å². The van der Waals surface area contributed by atoms with Crippen LogP contribution in [0.25, 0.3) is 10.9 Å². The maximum absolute atomic E-state index is 11.9. The molecule has 1 aliphatic heterocycles. The number of carbonyl (C=O) groups excluding carboxylic acids is 1. The molecule has 3 rings (SSSR count). The van der Waals surface area contributed by atoms with Gasteiger partial charge in [-0.15, -0.1) is 0 Å². The molecule has 2 aromatic rings. The molecule has 0 saturated carbocycles. The van der Waals surface area contributed by atoms with Crippen LogP contribution >= 0.6 is 0 Å². The Labute approximate surface area is 110 Å². The van der Waals surface area contributed by atoms with E-state index in [2.05, 4.69) is 4.98 Å². The minimum absolute atomic E-state index is 0.122. The van der Waals surface area contributed by atoms with Crippen LogP contribution in [-0.4, -0.2) is 37.4 Å². The number of hydrogen-bond acceptors (Lipinski definition) is 5. The van der Waals surface area contributed by atoms with Gasteiger partial charge in [0.05, 0.1) is 25.4 Å². The van der Waals surface area contributed by atoms with Gasteiger partial charge in [0.1, 0.15) is 18.3 Å². The van der Waals surface area contributed by atoms with Crippen LogP contribution in [0.2, 0.25) is 0 Å². The van der Waals surface area contributed by atoms with Crippen LogP contribution in [0.5, 0.6) is 5.75 Å². The van der Waals surface area contributed by atoms with E-state index in [9.17, 15) is 4.79 Å². The van der Waals surface area contributed by atoms with E-state index < -0.39 is 5.97 Å². The summed E-state index contributed by atoms with van der Waals surface area (Å²) in [5.74, 6) is 0.00589. The lowest BCUT2D eigenvalue weighted by molar-refractivity contribution is 0.0598. The Kier molecular flexibility index (Phi) is 3.05. The van der Waals surface area contributed by atoms with E-state index in [4.69, 9.17) is 14.2 Å². The number of esters is 1. The maximum Gasteiger partial charge on any atom is 0.342 e. The Morgan fingerprint density at radius 1 is 1.47 bits per heavy atom. The highest BCUT2D eigenvalue weighted by atomic mass is 16.6. The van der Waals surface area contributed by atoms with Crippen molar-refractivity contribution in [3.05, 3.63) is 36.0 Å². The number of epoxide rings is 1. The van der Waals surface area contributed by atoms with Crippen LogP contribution in [-0.2, 0) is 9.47 Å². The second kappa shape index (κ2) is 4.85. The van der Waals surface area contributed by atoms with Crippen molar-refractivity contribution in [1.82, 2.24) is 4.98 Å². The second-order valence-electron chi connectivity index (χ2n) is 4.27. The Morgan fingerprint density at radius 3 is 3.00 bits per heavy atom. The van der Waals surface area contributed by atoms with Crippen LogP contribution in [0.1, 0.15) is 10.4 Å². The molecule has 0 amide bonds. The van der Waals surface area contributed by atoms with Gasteiger partial charge in [0, 0.05) is 5.39 Å². The summed E-state index contributed by atoms with van der Waals surface area (Å²) >= 11 is 0. The average molecular weight is 259 g/mol. The molecule has 1 aromatic carbocycles. The monoisotopic (exact) mass is 259 g/mol. The number of aromatic nitrogens is 1. The number of pyridine rings is 1. The third-order valence-corrected chi connectivity index (χ3v) is 2.96. The predicted molar refractivity (Wildman–Crippen MR) is 68.3 cm³/mol. The number of para-hydroxylation sites is 1. The summed E-state index contributed by atoms with van der Waals surface area (Å²) in [5, 5.41) is 0.726. The van der Waals surface area contributed by atoms with Crippen molar-refractivity contribution in [3.8, 4) is 5.75 Å². The van der Waals surface area contributed by atoms with Crippen molar-refractivity contribution in [2.24, 2.45) is 0 Å². The van der Waals surface area contributed by atoms with Crippen LogP contribution in [0.4, 0.5) is 0 Å². The van der Waals surface area contributed by atoms with E-state index in [1.165, 1.54) is 7.11 Å². The Morgan fingerprint density at radius 2 is 2.26 bits per heavy atom. The van der Waals surface area contributed by atoms with Crippen molar-refractivity contribution in [3.63, 3.8) is 0 Å². The first-order valence-electron chi connectivity index (χ1n) is 6.00. The van der Waals surface area contributed by atoms with Crippen molar-refractivity contribution >= 4 is 16.9 Å². The van der Waals surface area contributed by atoms with E-state index in [0.29, 0.717) is 24.5 Å². The minimum atomic E-state index is -0.426. The molecule has 19 heavy (non-hydrogen) atoms. The molecule has 0 aliphatic carbocycles. The van der Waals surface area contributed by atoms with E-state index in [-0.39, 0.29) is 6.10 Å². The average Bonchev–Trinajstić information content (AvgIpc) is 3.27. The Balaban J connectivity index is 2.05. The summed E-state index contributed by atoms with van der Waals surface area (Å²) in [7, 11) is 1.35. The van der Waals surface area contributed by atoms with Gasteiger partial charge in [-0.05, 0) is 6.07 Å². The first kappa shape index (κ1) is 11.9. The molecule has 1 aliphatic rings. The van der Waals surface area contributed by atoms with Gasteiger partial charge in [0.15, 0.2) is 5.75 Å². The smallest absolute Gasteiger partial charge is 0.342 e. The number of carbonyl (C=O) groups is 1. The highest BCUT2D eigenvalue weighted by Crippen LogP contribution is 2.27. The fourth-order valence-electron chi connectivity index (χ4n) is 1.89. The van der Waals surface area contributed by atoms with Gasteiger partial charge in [0.2, 0.25) is 0 Å². The van der Waals surface area contributed by atoms with Gasteiger partial charge in [-0.1, -0.05) is 18.2 Å². The molecule has 1 atom stereocenters. The highest BCUT2D eigenvalue weighted by molar-refractivity contribution is 6.05. The quantitative estimate of drug-likeness (QED) is 0.619. The topological polar surface area (TPSA) is 61.0 Å². The number of hydrogen-bond donors (Lipinski definition) is 0. The Hall–Kier alpha value is -2.14. The van der Waals surface area contributed by atoms with Gasteiger partial charge in [-0.2, -0.15) is 0 Å². The normalized spacial score (nSPS) is 17.2. The Bertz CT molecular complexity index is 622. The summed E-state index contributed by atoms with van der Waals surface area (Å²) in [4.78, 5) is 16.2. The van der Waals surface area contributed by atoms with Gasteiger partial charge in [-0.25, -0.2) is 4.79 Å². The maximum atomic E-state index is 11.9. The molecule has 1 fully saturated rings. The minimum Gasteiger partial charge on any atom is -0.488 e. The lowest BCUT2D eigenvalue weighted by Gasteiger charge is -2.11. The van der Waals surface area contributed by atoms with Gasteiger partial charge in [-0.3, -0.25) is 4.98 Å². The standard InChI is InChI=1S/C14H13NO4/c1-17-14(16)13-10-4-2-3-5-11(10)15-6-12(13)19-8-9-7-18-9/h2-6,9H,7-8H2,1H3. The zero-order valence-corrected chi connectivity index (χ0v) is 10.5. The summed E-state index contributed by atoms with van der Waals surface area (Å²) in [6.07, 6.45) is 1.67. The molecule has 98 valence electrons. The second-order valence-corrected chi connectivity index (χ2v) is 4.27. The van der Waals surface area contributed by atoms with Crippen molar-refractivity contribution in [2.45, 2.75) is 6.10 Å².